The molecular formula is C23H19F3N4O2S2. The number of anilines is 1. The van der Waals surface area contributed by atoms with Crippen LogP contribution in [0.25, 0.3) is 11.1 Å². The lowest BCUT2D eigenvalue weighted by molar-refractivity contribution is -0.274. The standard InChI is InChI=1S/C23H19F3N4O2S2/c1-30-8-6-17-16(11-30)21(14-7-9-33-12-14)15(10-27)22(29-17)34-13-20(31)28-18-4-2-3-5-19(18)32-23(24,25)26/h2-5,7,9,12H,6,8,11,13H2,1H3,(H,28,31). The zero-order valence-corrected chi connectivity index (χ0v) is 19.6. The maximum Gasteiger partial charge on any atom is 0.573 e. The summed E-state index contributed by atoms with van der Waals surface area (Å²) in [4.78, 5) is 19.4. The van der Waals surface area contributed by atoms with Crippen LogP contribution in [0.1, 0.15) is 16.8 Å². The minimum atomic E-state index is -4.88. The topological polar surface area (TPSA) is 78.2 Å². The lowest BCUT2D eigenvalue weighted by atomic mass is 9.93. The van der Waals surface area contributed by atoms with Gasteiger partial charge in [-0.1, -0.05) is 23.9 Å². The number of hydrogen-bond acceptors (Lipinski definition) is 7. The number of nitrogens with one attached hydrogen (secondary N) is 1. The van der Waals surface area contributed by atoms with Gasteiger partial charge in [-0.2, -0.15) is 16.6 Å². The predicted molar refractivity (Wildman–Crippen MR) is 125 cm³/mol. The summed E-state index contributed by atoms with van der Waals surface area (Å²) in [5, 5.41) is 16.8. The van der Waals surface area contributed by atoms with Gasteiger partial charge in [0.2, 0.25) is 5.91 Å². The van der Waals surface area contributed by atoms with Crippen LogP contribution >= 0.6 is 23.1 Å². The molecule has 0 saturated heterocycles. The van der Waals surface area contributed by atoms with Crippen molar-refractivity contribution in [2.45, 2.75) is 24.4 Å². The van der Waals surface area contributed by atoms with Crippen LogP contribution in [0, 0.1) is 11.3 Å². The number of rotatable bonds is 6. The fourth-order valence-electron chi connectivity index (χ4n) is 3.71. The predicted octanol–water partition coefficient (Wildman–Crippen LogP) is 5.30. The molecule has 1 aliphatic rings. The number of thiophene rings is 1. The van der Waals surface area contributed by atoms with E-state index in [1.54, 1.807) is 0 Å². The third kappa shape index (κ3) is 5.52. The molecule has 1 aliphatic heterocycles. The average molecular weight is 505 g/mol. The highest BCUT2D eigenvalue weighted by molar-refractivity contribution is 8.00. The number of aromatic nitrogens is 1. The van der Waals surface area contributed by atoms with E-state index in [0.717, 1.165) is 53.2 Å². The first kappa shape index (κ1) is 24.1. The van der Waals surface area contributed by atoms with Crippen molar-refractivity contribution in [3.63, 3.8) is 0 Å². The zero-order chi connectivity index (χ0) is 24.3. The maximum absolute atomic E-state index is 12.6. The molecule has 1 N–H and O–H groups in total. The van der Waals surface area contributed by atoms with Crippen LogP contribution in [0.15, 0.2) is 46.1 Å². The van der Waals surface area contributed by atoms with E-state index in [1.165, 1.54) is 29.5 Å². The van der Waals surface area contributed by atoms with Crippen molar-refractivity contribution in [3.05, 3.63) is 57.9 Å². The number of carbonyl (C=O) groups excluding carboxylic acids is 1. The van der Waals surface area contributed by atoms with Crippen LogP contribution in [-0.4, -0.2) is 41.5 Å². The molecule has 34 heavy (non-hydrogen) atoms. The first-order chi connectivity index (χ1) is 16.2. The summed E-state index contributed by atoms with van der Waals surface area (Å²) in [6.07, 6.45) is -4.16. The first-order valence-electron chi connectivity index (χ1n) is 10.2. The highest BCUT2D eigenvalue weighted by atomic mass is 32.2. The Bertz CT molecular complexity index is 1240. The van der Waals surface area contributed by atoms with Gasteiger partial charge in [-0.05, 0) is 47.1 Å². The van der Waals surface area contributed by atoms with Crippen molar-refractivity contribution in [1.29, 1.82) is 5.26 Å². The molecule has 4 rings (SSSR count). The number of likely N-dealkylation sites (N-methyl/N-ethyl adjacent to an activating group) is 1. The van der Waals surface area contributed by atoms with E-state index >= 15 is 0 Å². The number of ether oxygens (including phenoxy) is 1. The maximum atomic E-state index is 12.6. The molecule has 11 heteroatoms. The Morgan fingerprint density at radius 2 is 2.15 bits per heavy atom. The summed E-state index contributed by atoms with van der Waals surface area (Å²) in [6.45, 7) is 1.50. The Labute approximate surface area is 202 Å². The van der Waals surface area contributed by atoms with E-state index in [2.05, 4.69) is 21.0 Å². The number of benzene rings is 1. The number of carbonyl (C=O) groups is 1. The zero-order valence-electron chi connectivity index (χ0n) is 18.0. The second-order valence-corrected chi connectivity index (χ2v) is 9.33. The lowest BCUT2D eigenvalue weighted by Gasteiger charge is -2.27. The average Bonchev–Trinajstić information content (AvgIpc) is 3.31. The van der Waals surface area contributed by atoms with E-state index < -0.39 is 18.0 Å². The second kappa shape index (κ2) is 10.0. The van der Waals surface area contributed by atoms with Gasteiger partial charge in [-0.25, -0.2) is 4.98 Å². The Morgan fingerprint density at radius 3 is 2.85 bits per heavy atom. The van der Waals surface area contributed by atoms with Crippen LogP contribution in [0.2, 0.25) is 0 Å². The van der Waals surface area contributed by atoms with Crippen molar-refractivity contribution in [2.24, 2.45) is 0 Å². The Kier molecular flexibility index (Phi) is 7.11. The van der Waals surface area contributed by atoms with E-state index in [4.69, 9.17) is 4.98 Å². The summed E-state index contributed by atoms with van der Waals surface area (Å²) in [5.74, 6) is -1.17. The van der Waals surface area contributed by atoms with Crippen molar-refractivity contribution in [2.75, 3.05) is 24.7 Å². The molecule has 0 saturated carbocycles. The number of nitrogens with zero attached hydrogens (tertiary/aromatic N) is 3. The third-order valence-electron chi connectivity index (χ3n) is 5.16. The van der Waals surface area contributed by atoms with Crippen LogP contribution in [0.4, 0.5) is 18.9 Å². The normalized spacial score (nSPS) is 13.7. The lowest BCUT2D eigenvalue weighted by Crippen LogP contribution is -2.28. The molecular weight excluding hydrogens is 485 g/mol. The number of thioether (sulfide) groups is 1. The van der Waals surface area contributed by atoms with Crippen molar-refractivity contribution in [3.8, 4) is 22.9 Å². The summed E-state index contributed by atoms with van der Waals surface area (Å²) >= 11 is 2.61. The molecule has 0 fully saturated rings. The van der Waals surface area contributed by atoms with Gasteiger partial charge >= 0.3 is 6.36 Å². The smallest absolute Gasteiger partial charge is 0.404 e. The van der Waals surface area contributed by atoms with Gasteiger partial charge in [0.15, 0.2) is 5.75 Å². The molecule has 1 amide bonds. The number of alkyl halides is 3. The highest BCUT2D eigenvalue weighted by Crippen LogP contribution is 2.38. The van der Waals surface area contributed by atoms with E-state index in [0.29, 0.717) is 17.1 Å². The molecule has 2 aromatic heterocycles. The van der Waals surface area contributed by atoms with Gasteiger partial charge in [0.1, 0.15) is 11.1 Å². The van der Waals surface area contributed by atoms with E-state index in [1.807, 2.05) is 23.9 Å². The Morgan fingerprint density at radius 1 is 1.35 bits per heavy atom. The molecule has 0 radical (unpaired) electrons. The third-order valence-corrected chi connectivity index (χ3v) is 6.82. The minimum absolute atomic E-state index is 0.0914. The molecule has 176 valence electrons. The molecule has 0 spiro atoms. The number of nitriles is 1. The number of pyridine rings is 1. The minimum Gasteiger partial charge on any atom is -0.404 e. The number of hydrogen-bond donors (Lipinski definition) is 1. The second-order valence-electron chi connectivity index (χ2n) is 7.58. The molecule has 0 bridgehead atoms. The van der Waals surface area contributed by atoms with Crippen molar-refractivity contribution in [1.82, 2.24) is 9.88 Å². The number of amides is 1. The molecule has 0 aliphatic carbocycles. The highest BCUT2D eigenvalue weighted by Gasteiger charge is 2.32. The van der Waals surface area contributed by atoms with Crippen LogP contribution < -0.4 is 10.1 Å². The summed E-state index contributed by atoms with van der Waals surface area (Å²) < 4.78 is 41.9. The van der Waals surface area contributed by atoms with Gasteiger partial charge in [-0.3, -0.25) is 4.79 Å². The summed E-state index contributed by atoms with van der Waals surface area (Å²) in [5.41, 5.74) is 3.96. The molecule has 3 heterocycles. The van der Waals surface area contributed by atoms with Crippen LogP contribution in [-0.2, 0) is 17.8 Å². The number of fused-ring (bicyclic) bond motifs is 1. The number of halogens is 3. The summed E-state index contributed by atoms with van der Waals surface area (Å²) in [6, 6.07) is 9.53. The number of para-hydroxylation sites is 2. The summed E-state index contributed by atoms with van der Waals surface area (Å²) in [7, 11) is 2.01. The Hall–Kier alpha value is -3.07. The Balaban J connectivity index is 1.58. The van der Waals surface area contributed by atoms with Gasteiger partial charge in [0.25, 0.3) is 0 Å². The van der Waals surface area contributed by atoms with Crippen LogP contribution in [0.5, 0.6) is 5.75 Å². The molecule has 6 nitrogen and oxygen atoms in total. The van der Waals surface area contributed by atoms with E-state index in [9.17, 15) is 23.2 Å². The molecule has 0 unspecified atom stereocenters. The van der Waals surface area contributed by atoms with Crippen molar-refractivity contribution < 1.29 is 22.7 Å². The fraction of sp³-hybridized carbons (Fsp3) is 0.261. The molecule has 1 aromatic carbocycles. The van der Waals surface area contributed by atoms with Crippen LogP contribution in [0.3, 0.4) is 0 Å². The largest absolute Gasteiger partial charge is 0.573 e. The van der Waals surface area contributed by atoms with Gasteiger partial charge < -0.3 is 15.0 Å². The van der Waals surface area contributed by atoms with Gasteiger partial charge in [0.05, 0.1) is 17.0 Å². The first-order valence-corrected chi connectivity index (χ1v) is 12.1. The fourth-order valence-corrected chi connectivity index (χ4v) is 5.16. The van der Waals surface area contributed by atoms with Gasteiger partial charge in [-0.15, -0.1) is 13.2 Å². The SMILES string of the molecule is CN1CCc2nc(SCC(=O)Nc3ccccc3OC(F)(F)F)c(C#N)c(-c3ccsc3)c2C1. The van der Waals surface area contributed by atoms with Gasteiger partial charge in [0, 0.05) is 30.8 Å². The molecule has 3 aromatic rings. The quantitative estimate of drug-likeness (QED) is 0.459. The van der Waals surface area contributed by atoms with Crippen molar-refractivity contribution >= 4 is 34.7 Å². The monoisotopic (exact) mass is 504 g/mol. The molecule has 0 atom stereocenters. The van der Waals surface area contributed by atoms with E-state index in [-0.39, 0.29) is 11.4 Å².